The van der Waals surface area contributed by atoms with Crippen LogP contribution in [0.4, 0.5) is 4.39 Å². The van der Waals surface area contributed by atoms with Crippen molar-refractivity contribution < 1.29 is 4.39 Å². The Morgan fingerprint density at radius 3 is 2.61 bits per heavy atom. The molecule has 0 saturated carbocycles. The van der Waals surface area contributed by atoms with Gasteiger partial charge in [-0.25, -0.2) is 4.39 Å². The molecule has 1 aliphatic rings. The molecule has 0 amide bonds. The molecule has 0 aliphatic carbocycles. The third-order valence-electron chi connectivity index (χ3n) is 3.05. The molecule has 18 heavy (non-hydrogen) atoms. The van der Waals surface area contributed by atoms with Crippen molar-refractivity contribution in [3.8, 4) is 0 Å². The summed E-state index contributed by atoms with van der Waals surface area (Å²) >= 11 is 5.81. The Morgan fingerprint density at radius 1 is 1.39 bits per heavy atom. The maximum Gasteiger partial charge on any atom is 0.141 e. The van der Waals surface area contributed by atoms with Crippen LogP contribution in [0.25, 0.3) is 0 Å². The van der Waals surface area contributed by atoms with E-state index in [0.717, 1.165) is 31.7 Å². The van der Waals surface area contributed by atoms with Gasteiger partial charge in [0.05, 0.1) is 11.1 Å². The Kier molecular flexibility index (Phi) is 6.09. The summed E-state index contributed by atoms with van der Waals surface area (Å²) in [4.78, 5) is 2.31. The summed E-state index contributed by atoms with van der Waals surface area (Å²) in [6, 6.07) is 4.98. The molecule has 0 unspecified atom stereocenters. The third-order valence-corrected chi connectivity index (χ3v) is 3.34. The van der Waals surface area contributed by atoms with Crippen molar-refractivity contribution in [3.63, 3.8) is 0 Å². The maximum atomic E-state index is 13.1. The van der Waals surface area contributed by atoms with Gasteiger partial charge in [0.1, 0.15) is 5.82 Å². The van der Waals surface area contributed by atoms with Gasteiger partial charge in [-0.05, 0) is 17.7 Å². The molecule has 0 bridgehead atoms. The zero-order chi connectivity index (χ0) is 12.3. The SMILES string of the molecule is C=C[C@H](c1ccc(F)c(Cl)c1)N1CCNCC1.Cl. The van der Waals surface area contributed by atoms with E-state index < -0.39 is 0 Å². The van der Waals surface area contributed by atoms with Crippen LogP contribution in [-0.4, -0.2) is 31.1 Å². The van der Waals surface area contributed by atoms with Crippen LogP contribution >= 0.6 is 24.0 Å². The third kappa shape index (κ3) is 3.45. The minimum Gasteiger partial charge on any atom is -0.314 e. The number of nitrogens with one attached hydrogen (secondary N) is 1. The highest BCUT2D eigenvalue weighted by Crippen LogP contribution is 2.26. The van der Waals surface area contributed by atoms with Crippen LogP contribution in [0.2, 0.25) is 5.02 Å². The fourth-order valence-corrected chi connectivity index (χ4v) is 2.34. The Bertz CT molecular complexity index is 406. The number of piperazine rings is 1. The molecule has 2 rings (SSSR count). The molecular weight excluding hydrogens is 274 g/mol. The van der Waals surface area contributed by atoms with E-state index in [0.29, 0.717) is 0 Å². The average Bonchev–Trinajstić information content (AvgIpc) is 2.36. The summed E-state index contributed by atoms with van der Waals surface area (Å²) in [5.41, 5.74) is 0.994. The lowest BCUT2D eigenvalue weighted by molar-refractivity contribution is 0.203. The van der Waals surface area contributed by atoms with E-state index in [1.165, 1.54) is 6.07 Å². The lowest BCUT2D eigenvalue weighted by Gasteiger charge is -2.33. The first kappa shape index (κ1) is 15.4. The molecule has 1 aliphatic heterocycles. The van der Waals surface area contributed by atoms with Gasteiger partial charge in [-0.3, -0.25) is 4.90 Å². The van der Waals surface area contributed by atoms with Crippen molar-refractivity contribution in [1.82, 2.24) is 10.2 Å². The lowest BCUT2D eigenvalue weighted by atomic mass is 10.0. The predicted octanol–water partition coefficient (Wildman–Crippen LogP) is 3.03. The van der Waals surface area contributed by atoms with E-state index in [4.69, 9.17) is 11.6 Å². The van der Waals surface area contributed by atoms with Gasteiger partial charge in [-0.1, -0.05) is 23.7 Å². The fraction of sp³-hybridized carbons (Fsp3) is 0.385. The smallest absolute Gasteiger partial charge is 0.141 e. The van der Waals surface area contributed by atoms with Gasteiger partial charge in [0, 0.05) is 26.2 Å². The van der Waals surface area contributed by atoms with E-state index in [-0.39, 0.29) is 29.3 Å². The van der Waals surface area contributed by atoms with Gasteiger partial charge in [-0.15, -0.1) is 19.0 Å². The number of benzene rings is 1. The number of halogens is 3. The van der Waals surface area contributed by atoms with Crippen molar-refractivity contribution in [2.45, 2.75) is 6.04 Å². The molecule has 1 saturated heterocycles. The summed E-state index contributed by atoms with van der Waals surface area (Å²) in [6.07, 6.45) is 1.88. The lowest BCUT2D eigenvalue weighted by Crippen LogP contribution is -2.44. The molecule has 1 fully saturated rings. The molecule has 2 nitrogen and oxygen atoms in total. The standard InChI is InChI=1S/C13H16ClFN2.ClH/c1-2-13(17-7-5-16-6-8-17)10-3-4-12(15)11(14)9-10;/h2-4,9,13,16H,1,5-8H2;1H/t13-;/m1./s1. The fourth-order valence-electron chi connectivity index (χ4n) is 2.15. The Labute approximate surface area is 118 Å². The molecule has 1 atom stereocenters. The highest BCUT2D eigenvalue weighted by Gasteiger charge is 2.19. The van der Waals surface area contributed by atoms with E-state index in [1.807, 2.05) is 6.08 Å². The van der Waals surface area contributed by atoms with E-state index in [1.54, 1.807) is 12.1 Å². The van der Waals surface area contributed by atoms with Crippen LogP contribution in [0.15, 0.2) is 30.9 Å². The van der Waals surface area contributed by atoms with Crippen LogP contribution in [-0.2, 0) is 0 Å². The van der Waals surface area contributed by atoms with Gasteiger partial charge in [-0.2, -0.15) is 0 Å². The molecule has 1 aromatic rings. The molecule has 1 aromatic carbocycles. The number of rotatable bonds is 3. The van der Waals surface area contributed by atoms with Gasteiger partial charge in [0.2, 0.25) is 0 Å². The molecule has 1 heterocycles. The minimum atomic E-state index is -0.376. The van der Waals surface area contributed by atoms with Gasteiger partial charge in [0.15, 0.2) is 0 Å². The molecule has 0 aromatic heterocycles. The van der Waals surface area contributed by atoms with Crippen LogP contribution in [0, 0.1) is 5.82 Å². The summed E-state index contributed by atoms with van der Waals surface area (Å²) < 4.78 is 13.1. The normalized spacial score (nSPS) is 17.9. The predicted molar refractivity (Wildman–Crippen MR) is 76.0 cm³/mol. The van der Waals surface area contributed by atoms with Crippen molar-refractivity contribution in [2.75, 3.05) is 26.2 Å². The zero-order valence-electron chi connectivity index (χ0n) is 10.0. The largest absolute Gasteiger partial charge is 0.314 e. The topological polar surface area (TPSA) is 15.3 Å². The Hall–Kier alpha value is -0.610. The second-order valence-corrected chi connectivity index (χ2v) is 4.55. The molecule has 0 spiro atoms. The van der Waals surface area contributed by atoms with Gasteiger partial charge in [0.25, 0.3) is 0 Å². The second kappa shape index (κ2) is 7.10. The first-order chi connectivity index (χ1) is 8.22. The van der Waals surface area contributed by atoms with Crippen molar-refractivity contribution in [2.24, 2.45) is 0 Å². The Balaban J connectivity index is 0.00000162. The summed E-state index contributed by atoms with van der Waals surface area (Å²) in [6.45, 7) is 7.74. The van der Waals surface area contributed by atoms with E-state index >= 15 is 0 Å². The van der Waals surface area contributed by atoms with Gasteiger partial charge < -0.3 is 5.32 Å². The highest BCUT2D eigenvalue weighted by atomic mass is 35.5. The van der Waals surface area contributed by atoms with Crippen molar-refractivity contribution >= 4 is 24.0 Å². The quantitative estimate of drug-likeness (QED) is 0.861. The number of hydrogen-bond donors (Lipinski definition) is 1. The first-order valence-corrected chi connectivity index (χ1v) is 6.12. The minimum absolute atomic E-state index is 0. The Morgan fingerprint density at radius 2 is 2.06 bits per heavy atom. The van der Waals surface area contributed by atoms with Crippen molar-refractivity contribution in [3.05, 3.63) is 47.3 Å². The number of nitrogens with zero attached hydrogens (tertiary/aromatic N) is 1. The molecule has 5 heteroatoms. The van der Waals surface area contributed by atoms with E-state index in [2.05, 4.69) is 16.8 Å². The molecular formula is C13H17Cl2FN2. The van der Waals surface area contributed by atoms with Crippen LogP contribution in [0.3, 0.4) is 0 Å². The van der Waals surface area contributed by atoms with Gasteiger partial charge >= 0.3 is 0 Å². The van der Waals surface area contributed by atoms with Crippen LogP contribution in [0.5, 0.6) is 0 Å². The zero-order valence-corrected chi connectivity index (χ0v) is 11.6. The average molecular weight is 291 g/mol. The first-order valence-electron chi connectivity index (χ1n) is 5.74. The molecule has 0 radical (unpaired) electrons. The molecule has 100 valence electrons. The highest BCUT2D eigenvalue weighted by molar-refractivity contribution is 6.30. The van der Waals surface area contributed by atoms with Crippen LogP contribution < -0.4 is 5.32 Å². The van der Waals surface area contributed by atoms with Crippen molar-refractivity contribution in [1.29, 1.82) is 0 Å². The van der Waals surface area contributed by atoms with Crippen LogP contribution in [0.1, 0.15) is 11.6 Å². The molecule has 1 N–H and O–H groups in total. The summed E-state index contributed by atoms with van der Waals surface area (Å²) in [5, 5.41) is 3.47. The summed E-state index contributed by atoms with van der Waals surface area (Å²) in [7, 11) is 0. The number of hydrogen-bond acceptors (Lipinski definition) is 2. The van der Waals surface area contributed by atoms with E-state index in [9.17, 15) is 4.39 Å². The second-order valence-electron chi connectivity index (χ2n) is 4.14. The maximum absolute atomic E-state index is 13.1. The monoisotopic (exact) mass is 290 g/mol. The summed E-state index contributed by atoms with van der Waals surface area (Å²) in [5.74, 6) is -0.376.